The first kappa shape index (κ1) is 19.6. The highest BCUT2D eigenvalue weighted by Gasteiger charge is 2.25. The zero-order valence-corrected chi connectivity index (χ0v) is 15.9. The predicted molar refractivity (Wildman–Crippen MR) is 98.7 cm³/mol. The minimum absolute atomic E-state index is 0.297. The molecule has 3 nitrogen and oxygen atoms in total. The number of nitrogens with one attached hydrogen (secondary N) is 1. The minimum Gasteiger partial charge on any atom is -0.490 e. The normalized spacial score (nSPS) is 15.9. The molecule has 1 aliphatic heterocycles. The third kappa shape index (κ3) is 4.74. The van der Waals surface area contributed by atoms with E-state index in [2.05, 4.69) is 53.4 Å². The number of rotatable bonds is 4. The minimum atomic E-state index is 0.297. The summed E-state index contributed by atoms with van der Waals surface area (Å²) >= 11 is 0. The molecule has 0 amide bonds. The maximum atomic E-state index is 6.04. The number of benzene rings is 1. The second-order valence-corrected chi connectivity index (χ2v) is 6.36. The maximum absolute atomic E-state index is 6.04. The van der Waals surface area contributed by atoms with Gasteiger partial charge in [-0.15, -0.1) is 0 Å². The van der Waals surface area contributed by atoms with E-state index in [1.807, 2.05) is 7.05 Å². The number of ether oxygens (including phenoxy) is 2. The van der Waals surface area contributed by atoms with Gasteiger partial charge < -0.3 is 14.8 Å². The summed E-state index contributed by atoms with van der Waals surface area (Å²) in [5, 5.41) is 3.06. The first-order valence-electron chi connectivity index (χ1n) is 8.66. The fourth-order valence-corrected chi connectivity index (χ4v) is 2.75. The number of hydrogen-bond donors (Lipinski definition) is 1. The van der Waals surface area contributed by atoms with Gasteiger partial charge in [-0.2, -0.15) is 0 Å². The van der Waals surface area contributed by atoms with Crippen LogP contribution < -0.4 is 14.8 Å². The molecule has 0 radical (unpaired) electrons. The van der Waals surface area contributed by atoms with Crippen molar-refractivity contribution < 1.29 is 9.47 Å². The van der Waals surface area contributed by atoms with Gasteiger partial charge in [-0.1, -0.05) is 26.8 Å². The molecule has 1 aromatic carbocycles. The molecule has 1 heterocycles. The molecule has 3 heteroatoms. The highest BCUT2D eigenvalue weighted by Crippen LogP contribution is 2.41. The quantitative estimate of drug-likeness (QED) is 0.804. The van der Waals surface area contributed by atoms with E-state index in [1.165, 1.54) is 23.1 Å². The zero-order chi connectivity index (χ0) is 17.6. The molecular weight excluding hydrogens is 286 g/mol. The third-order valence-corrected chi connectivity index (χ3v) is 4.05. The van der Waals surface area contributed by atoms with E-state index >= 15 is 0 Å². The van der Waals surface area contributed by atoms with E-state index in [4.69, 9.17) is 9.47 Å². The standard InChI is InChI=1S/C17H25NO2.C3H8/c1-10-7-8-15-14(5)16(20-11(2)9-18-6)12(3)13(4)17(15)19-10;1-3-2/h10,18H,2,7-9H2,1,3-6H3;3H2,1-2H3. The average molecular weight is 319 g/mol. The topological polar surface area (TPSA) is 30.5 Å². The highest BCUT2D eigenvalue weighted by atomic mass is 16.5. The summed E-state index contributed by atoms with van der Waals surface area (Å²) in [4.78, 5) is 0. The Balaban J connectivity index is 0.000000816. The van der Waals surface area contributed by atoms with Crippen molar-refractivity contribution in [1.29, 1.82) is 0 Å². The summed E-state index contributed by atoms with van der Waals surface area (Å²) in [6.45, 7) is 17.3. The largest absolute Gasteiger partial charge is 0.490 e. The van der Waals surface area contributed by atoms with Crippen molar-refractivity contribution in [3.63, 3.8) is 0 Å². The van der Waals surface area contributed by atoms with Crippen LogP contribution in [0.15, 0.2) is 12.3 Å². The van der Waals surface area contributed by atoms with Gasteiger partial charge in [-0.05, 0) is 64.3 Å². The molecule has 0 bridgehead atoms. The summed E-state index contributed by atoms with van der Waals surface area (Å²) in [5.74, 6) is 2.74. The Hall–Kier alpha value is -1.48. The lowest BCUT2D eigenvalue weighted by Crippen LogP contribution is -2.21. The highest BCUT2D eigenvalue weighted by molar-refractivity contribution is 5.59. The van der Waals surface area contributed by atoms with Gasteiger partial charge >= 0.3 is 0 Å². The molecule has 1 N–H and O–H groups in total. The van der Waals surface area contributed by atoms with Gasteiger partial charge in [0.1, 0.15) is 17.3 Å². The van der Waals surface area contributed by atoms with Crippen molar-refractivity contribution in [2.75, 3.05) is 13.6 Å². The van der Waals surface area contributed by atoms with Crippen molar-refractivity contribution >= 4 is 0 Å². The maximum Gasteiger partial charge on any atom is 0.133 e. The third-order valence-electron chi connectivity index (χ3n) is 4.05. The van der Waals surface area contributed by atoms with E-state index in [0.717, 1.165) is 35.7 Å². The van der Waals surface area contributed by atoms with Crippen LogP contribution in [0, 0.1) is 20.8 Å². The fraction of sp³-hybridized carbons (Fsp3) is 0.600. The van der Waals surface area contributed by atoms with Crippen molar-refractivity contribution in [3.05, 3.63) is 34.6 Å². The summed E-state index contributed by atoms with van der Waals surface area (Å²) in [6.07, 6.45) is 3.66. The van der Waals surface area contributed by atoms with Crippen LogP contribution in [0.4, 0.5) is 0 Å². The van der Waals surface area contributed by atoms with Gasteiger partial charge in [0, 0.05) is 5.56 Å². The summed E-state index contributed by atoms with van der Waals surface area (Å²) in [5.41, 5.74) is 4.81. The first-order chi connectivity index (χ1) is 10.9. The Labute approximate surface area is 142 Å². The Morgan fingerprint density at radius 2 is 1.83 bits per heavy atom. The van der Waals surface area contributed by atoms with Gasteiger partial charge in [0.2, 0.25) is 0 Å². The van der Waals surface area contributed by atoms with Crippen molar-refractivity contribution in [3.8, 4) is 11.5 Å². The molecule has 130 valence electrons. The molecule has 0 aliphatic carbocycles. The molecule has 0 fully saturated rings. The van der Waals surface area contributed by atoms with Gasteiger partial charge in [0.05, 0.1) is 12.6 Å². The predicted octanol–water partition coefficient (Wildman–Crippen LogP) is 4.85. The summed E-state index contributed by atoms with van der Waals surface area (Å²) in [7, 11) is 1.89. The lowest BCUT2D eigenvalue weighted by molar-refractivity contribution is 0.190. The Morgan fingerprint density at radius 1 is 1.22 bits per heavy atom. The van der Waals surface area contributed by atoms with Crippen LogP contribution in [0.3, 0.4) is 0 Å². The number of fused-ring (bicyclic) bond motifs is 1. The first-order valence-corrected chi connectivity index (χ1v) is 8.66. The van der Waals surface area contributed by atoms with Gasteiger partial charge in [-0.3, -0.25) is 0 Å². The van der Waals surface area contributed by atoms with Crippen LogP contribution in [-0.2, 0) is 6.42 Å². The van der Waals surface area contributed by atoms with Crippen LogP contribution in [-0.4, -0.2) is 19.7 Å². The molecule has 23 heavy (non-hydrogen) atoms. The van der Waals surface area contributed by atoms with Crippen LogP contribution in [0.25, 0.3) is 0 Å². The molecule has 0 spiro atoms. The second-order valence-electron chi connectivity index (χ2n) is 6.36. The Kier molecular flexibility index (Phi) is 7.63. The number of hydrogen-bond acceptors (Lipinski definition) is 3. The van der Waals surface area contributed by atoms with Crippen molar-refractivity contribution in [1.82, 2.24) is 5.32 Å². The summed E-state index contributed by atoms with van der Waals surface area (Å²) < 4.78 is 12.0. The molecule has 1 atom stereocenters. The van der Waals surface area contributed by atoms with Gasteiger partial charge in [-0.25, -0.2) is 0 Å². The monoisotopic (exact) mass is 319 g/mol. The molecule has 1 aliphatic rings. The van der Waals surface area contributed by atoms with E-state index in [0.29, 0.717) is 12.6 Å². The molecular formula is C20H33NO2. The fourth-order valence-electron chi connectivity index (χ4n) is 2.75. The molecule has 0 saturated heterocycles. The number of likely N-dealkylation sites (N-methyl/N-ethyl adjacent to an activating group) is 1. The van der Waals surface area contributed by atoms with E-state index in [1.54, 1.807) is 0 Å². The molecule has 1 aromatic rings. The van der Waals surface area contributed by atoms with Crippen LogP contribution >= 0.6 is 0 Å². The van der Waals surface area contributed by atoms with E-state index in [9.17, 15) is 0 Å². The second kappa shape index (κ2) is 8.97. The van der Waals surface area contributed by atoms with Gasteiger partial charge in [0.25, 0.3) is 0 Å². The van der Waals surface area contributed by atoms with Crippen molar-refractivity contribution in [2.24, 2.45) is 0 Å². The van der Waals surface area contributed by atoms with Gasteiger partial charge in [0.15, 0.2) is 0 Å². The van der Waals surface area contributed by atoms with E-state index < -0.39 is 0 Å². The smallest absolute Gasteiger partial charge is 0.133 e. The SMILES string of the molecule is C=C(CNC)Oc1c(C)c(C)c2c(c1C)CCC(C)O2.CCC. The lowest BCUT2D eigenvalue weighted by Gasteiger charge is -2.29. The average Bonchev–Trinajstić information content (AvgIpc) is 2.50. The van der Waals surface area contributed by atoms with Crippen LogP contribution in [0.5, 0.6) is 11.5 Å². The Morgan fingerprint density at radius 3 is 2.39 bits per heavy atom. The Bertz CT molecular complexity index is 549. The summed E-state index contributed by atoms with van der Waals surface area (Å²) in [6, 6.07) is 0. The van der Waals surface area contributed by atoms with E-state index in [-0.39, 0.29) is 0 Å². The van der Waals surface area contributed by atoms with Crippen LogP contribution in [0.1, 0.15) is 55.9 Å². The lowest BCUT2D eigenvalue weighted by atomic mass is 9.92. The zero-order valence-electron chi connectivity index (χ0n) is 15.9. The molecule has 2 rings (SSSR count). The molecule has 0 aromatic heterocycles. The van der Waals surface area contributed by atoms with Crippen LogP contribution in [0.2, 0.25) is 0 Å². The molecule has 0 saturated carbocycles. The van der Waals surface area contributed by atoms with Crippen molar-refractivity contribution in [2.45, 2.75) is 66.9 Å². The molecule has 1 unspecified atom stereocenters.